The molecule has 1 aliphatic carbocycles. The second kappa shape index (κ2) is 7.41. The number of carbonyl (C=O) groups excluding carboxylic acids is 2. The maximum absolute atomic E-state index is 13.6. The number of hydrogen-bond donors (Lipinski definition) is 0. The molecule has 30 heavy (non-hydrogen) atoms. The fourth-order valence-corrected chi connectivity index (χ4v) is 4.01. The first-order valence-corrected chi connectivity index (χ1v) is 9.88. The molecule has 0 saturated heterocycles. The molecular formula is C28H18O2. The molecule has 0 unspecified atom stereocenters. The molecule has 142 valence electrons. The third kappa shape index (κ3) is 2.99. The van der Waals surface area contributed by atoms with Gasteiger partial charge in [0.1, 0.15) is 0 Å². The molecule has 0 heterocycles. The van der Waals surface area contributed by atoms with Gasteiger partial charge in [0.15, 0.2) is 11.6 Å². The minimum absolute atomic E-state index is 0.202. The smallest absolute Gasteiger partial charge is 0.197 e. The van der Waals surface area contributed by atoms with Crippen molar-refractivity contribution in [1.29, 1.82) is 0 Å². The van der Waals surface area contributed by atoms with E-state index in [1.807, 2.05) is 66.7 Å². The summed E-state index contributed by atoms with van der Waals surface area (Å²) in [6.45, 7) is 0. The number of benzene rings is 4. The highest BCUT2D eigenvalue weighted by Gasteiger charge is 2.24. The van der Waals surface area contributed by atoms with Crippen LogP contribution in [0.3, 0.4) is 0 Å². The van der Waals surface area contributed by atoms with Crippen LogP contribution < -0.4 is 10.4 Å². The summed E-state index contributed by atoms with van der Waals surface area (Å²) in [5.41, 5.74) is 4.47. The highest BCUT2D eigenvalue weighted by atomic mass is 16.1. The van der Waals surface area contributed by atoms with Gasteiger partial charge in [-0.2, -0.15) is 0 Å². The van der Waals surface area contributed by atoms with E-state index in [9.17, 15) is 9.59 Å². The van der Waals surface area contributed by atoms with E-state index in [1.165, 1.54) is 0 Å². The third-order valence-electron chi connectivity index (χ3n) is 5.45. The van der Waals surface area contributed by atoms with Crippen molar-refractivity contribution in [2.24, 2.45) is 0 Å². The van der Waals surface area contributed by atoms with E-state index >= 15 is 0 Å². The Morgan fingerprint density at radius 2 is 1.03 bits per heavy atom. The molecule has 0 aliphatic heterocycles. The number of carbonyl (C=O) groups is 2. The molecule has 0 saturated carbocycles. The first-order chi connectivity index (χ1) is 14.7. The van der Waals surface area contributed by atoms with Crippen LogP contribution >= 0.6 is 0 Å². The van der Waals surface area contributed by atoms with Crippen LogP contribution in [-0.2, 0) is 0 Å². The number of Topliss-reactive ketones (excluding diaryl/α,β-unsaturated/α-hetero) is 2. The summed E-state index contributed by atoms with van der Waals surface area (Å²) in [5.74, 6) is -0.524. The standard InChI is InChI=1S/C28H18O2/c29-27(19-10-3-1-4-11-19)26(28(30)20-12-5-2-6-13-20)24-17-9-16-23-22-15-8-7-14-21(22)18-25(23)24/h1-18H. The van der Waals surface area contributed by atoms with Crippen LogP contribution in [0.4, 0.5) is 0 Å². The molecule has 4 aromatic carbocycles. The molecule has 0 radical (unpaired) electrons. The van der Waals surface area contributed by atoms with Crippen LogP contribution in [0.2, 0.25) is 0 Å². The van der Waals surface area contributed by atoms with E-state index in [0.29, 0.717) is 16.3 Å². The van der Waals surface area contributed by atoms with Crippen molar-refractivity contribution >= 4 is 23.2 Å². The van der Waals surface area contributed by atoms with Gasteiger partial charge in [-0.1, -0.05) is 103 Å². The summed E-state index contributed by atoms with van der Waals surface area (Å²) < 4.78 is 0. The Morgan fingerprint density at radius 1 is 0.500 bits per heavy atom. The first-order valence-electron chi connectivity index (χ1n) is 9.88. The van der Waals surface area contributed by atoms with Gasteiger partial charge < -0.3 is 0 Å². The van der Waals surface area contributed by atoms with Gasteiger partial charge in [0, 0.05) is 11.1 Å². The zero-order valence-electron chi connectivity index (χ0n) is 16.2. The SMILES string of the molecule is O=C(C(C(=O)c1ccccc1)=c1cccc2c1=Cc1ccccc1-2)c1ccccc1. The average molecular weight is 386 g/mol. The second-order valence-electron chi connectivity index (χ2n) is 7.26. The maximum Gasteiger partial charge on any atom is 0.197 e. The van der Waals surface area contributed by atoms with E-state index in [4.69, 9.17) is 0 Å². The van der Waals surface area contributed by atoms with Crippen molar-refractivity contribution in [3.8, 4) is 11.1 Å². The van der Waals surface area contributed by atoms with Crippen molar-refractivity contribution in [1.82, 2.24) is 0 Å². The van der Waals surface area contributed by atoms with E-state index in [-0.39, 0.29) is 17.1 Å². The van der Waals surface area contributed by atoms with Crippen molar-refractivity contribution in [2.75, 3.05) is 0 Å². The van der Waals surface area contributed by atoms with Crippen LogP contribution in [0.5, 0.6) is 0 Å². The summed E-state index contributed by atoms with van der Waals surface area (Å²) in [4.78, 5) is 27.1. The van der Waals surface area contributed by atoms with Gasteiger partial charge in [0.05, 0.1) is 5.57 Å². The monoisotopic (exact) mass is 386 g/mol. The van der Waals surface area contributed by atoms with Crippen molar-refractivity contribution < 1.29 is 9.59 Å². The quantitative estimate of drug-likeness (QED) is 0.339. The largest absolute Gasteiger partial charge is 0.288 e. The Balaban J connectivity index is 1.84. The summed E-state index contributed by atoms with van der Waals surface area (Å²) in [5, 5.41) is 1.59. The van der Waals surface area contributed by atoms with Crippen LogP contribution in [-0.4, -0.2) is 11.6 Å². The number of hydrogen-bond acceptors (Lipinski definition) is 2. The Labute approximate surface area is 174 Å². The highest BCUT2D eigenvalue weighted by molar-refractivity contribution is 6.49. The van der Waals surface area contributed by atoms with Crippen LogP contribution in [0.15, 0.2) is 103 Å². The summed E-state index contributed by atoms with van der Waals surface area (Å²) in [7, 11) is 0. The van der Waals surface area contributed by atoms with Gasteiger partial charge in [0.25, 0.3) is 0 Å². The zero-order valence-corrected chi connectivity index (χ0v) is 16.2. The molecule has 0 amide bonds. The average Bonchev–Trinajstić information content (AvgIpc) is 3.20. The van der Waals surface area contributed by atoms with Gasteiger partial charge in [-0.25, -0.2) is 0 Å². The zero-order chi connectivity index (χ0) is 20.5. The molecule has 1 aliphatic rings. The van der Waals surface area contributed by atoms with E-state index in [2.05, 4.69) is 18.2 Å². The van der Waals surface area contributed by atoms with Gasteiger partial charge in [-0.3, -0.25) is 9.59 Å². The Kier molecular flexibility index (Phi) is 4.45. The fraction of sp³-hybridized carbons (Fsp3) is 0. The molecule has 2 heteroatoms. The molecule has 0 spiro atoms. The summed E-state index contributed by atoms with van der Waals surface area (Å²) in [6.07, 6.45) is 2.07. The molecule has 0 fully saturated rings. The molecule has 0 aromatic heterocycles. The van der Waals surface area contributed by atoms with Crippen LogP contribution in [0, 0.1) is 0 Å². The normalized spacial score (nSPS) is 11.2. The van der Waals surface area contributed by atoms with Gasteiger partial charge in [0.2, 0.25) is 0 Å². The predicted molar refractivity (Wildman–Crippen MR) is 120 cm³/mol. The van der Waals surface area contributed by atoms with Gasteiger partial charge >= 0.3 is 0 Å². The van der Waals surface area contributed by atoms with E-state index < -0.39 is 0 Å². The molecule has 4 aromatic rings. The van der Waals surface area contributed by atoms with Gasteiger partial charge in [-0.15, -0.1) is 0 Å². The molecule has 0 bridgehead atoms. The van der Waals surface area contributed by atoms with Crippen molar-refractivity contribution in [3.05, 3.63) is 130 Å². The fourth-order valence-electron chi connectivity index (χ4n) is 4.01. The summed E-state index contributed by atoms with van der Waals surface area (Å²) >= 11 is 0. The molecular weight excluding hydrogens is 368 g/mol. The summed E-state index contributed by atoms with van der Waals surface area (Å²) in [6, 6.07) is 31.9. The molecule has 2 nitrogen and oxygen atoms in total. The van der Waals surface area contributed by atoms with Crippen LogP contribution in [0.25, 0.3) is 22.8 Å². The van der Waals surface area contributed by atoms with Crippen LogP contribution in [0.1, 0.15) is 26.3 Å². The molecule has 0 N–H and O–H groups in total. The van der Waals surface area contributed by atoms with E-state index in [1.54, 1.807) is 24.3 Å². The minimum Gasteiger partial charge on any atom is -0.288 e. The lowest BCUT2D eigenvalue weighted by atomic mass is 9.92. The Morgan fingerprint density at radius 3 is 1.67 bits per heavy atom. The topological polar surface area (TPSA) is 34.1 Å². The van der Waals surface area contributed by atoms with Crippen molar-refractivity contribution in [3.63, 3.8) is 0 Å². The lowest BCUT2D eigenvalue weighted by Gasteiger charge is -2.08. The Bertz CT molecular complexity index is 1340. The molecule has 5 rings (SSSR count). The van der Waals surface area contributed by atoms with Gasteiger partial charge in [-0.05, 0) is 33.2 Å². The Hall–Kier alpha value is -4.04. The minimum atomic E-state index is -0.262. The number of fused-ring (bicyclic) bond motifs is 3. The number of ketones is 2. The van der Waals surface area contributed by atoms with Crippen molar-refractivity contribution in [2.45, 2.75) is 0 Å². The second-order valence-corrected chi connectivity index (χ2v) is 7.26. The number of rotatable bonds is 4. The maximum atomic E-state index is 13.6. The predicted octanol–water partition coefficient (Wildman–Crippen LogP) is 4.41. The lowest BCUT2D eigenvalue weighted by Crippen LogP contribution is -2.33. The first kappa shape index (κ1) is 18.0. The third-order valence-corrected chi connectivity index (χ3v) is 5.45. The molecule has 0 atom stereocenters. The lowest BCUT2D eigenvalue weighted by molar-refractivity contribution is 0.0997. The van der Waals surface area contributed by atoms with E-state index in [0.717, 1.165) is 21.9 Å². The highest BCUT2D eigenvalue weighted by Crippen LogP contribution is 2.25.